The molecule has 2 rings (SSSR count). The van der Waals surface area contributed by atoms with Gasteiger partial charge in [-0.05, 0) is 6.54 Å². The van der Waals surface area contributed by atoms with Crippen LogP contribution in [0.5, 0.6) is 0 Å². The molecule has 2 heterocycles. The monoisotopic (exact) mass is 262 g/mol. The molecule has 1 aromatic rings. The highest BCUT2D eigenvalue weighted by Crippen LogP contribution is 2.12. The summed E-state index contributed by atoms with van der Waals surface area (Å²) < 4.78 is 0. The van der Waals surface area contributed by atoms with Gasteiger partial charge in [0.2, 0.25) is 5.95 Å². The zero-order valence-corrected chi connectivity index (χ0v) is 12.0. The predicted octanol–water partition coefficient (Wildman–Crippen LogP) is 1.46. The van der Waals surface area contributed by atoms with Crippen LogP contribution in [0.4, 0.5) is 5.95 Å². The van der Waals surface area contributed by atoms with E-state index in [4.69, 9.17) is 0 Å². The predicted molar refractivity (Wildman–Crippen MR) is 75.5 cm³/mol. The Labute approximate surface area is 114 Å². The van der Waals surface area contributed by atoms with Crippen LogP contribution in [0.1, 0.15) is 31.1 Å². The third kappa shape index (κ3) is 3.29. The molecule has 0 amide bonds. The molecule has 1 aliphatic rings. The number of ketones is 1. The summed E-state index contributed by atoms with van der Waals surface area (Å²) in [6, 6.07) is 0. The van der Waals surface area contributed by atoms with Crippen molar-refractivity contribution < 1.29 is 4.79 Å². The van der Waals surface area contributed by atoms with Crippen molar-refractivity contribution in [2.45, 2.75) is 20.8 Å². The first kappa shape index (κ1) is 13.9. The maximum Gasteiger partial charge on any atom is 0.225 e. The number of hydrogen-bond donors (Lipinski definition) is 0. The molecule has 1 aliphatic heterocycles. The lowest BCUT2D eigenvalue weighted by Crippen LogP contribution is -2.46. The second-order valence-corrected chi connectivity index (χ2v) is 5.21. The highest BCUT2D eigenvalue weighted by atomic mass is 16.1. The number of piperazine rings is 1. The van der Waals surface area contributed by atoms with E-state index in [2.05, 4.69) is 26.7 Å². The van der Waals surface area contributed by atoms with E-state index in [9.17, 15) is 4.79 Å². The van der Waals surface area contributed by atoms with Gasteiger partial charge in [0.15, 0.2) is 5.78 Å². The normalized spacial score (nSPS) is 16.9. The average molecular weight is 262 g/mol. The summed E-state index contributed by atoms with van der Waals surface area (Å²) in [4.78, 5) is 25.1. The quantitative estimate of drug-likeness (QED) is 0.769. The molecule has 0 atom stereocenters. The highest BCUT2D eigenvalue weighted by molar-refractivity contribution is 5.96. The molecule has 0 aliphatic carbocycles. The van der Waals surface area contributed by atoms with Gasteiger partial charge in [-0.1, -0.05) is 20.8 Å². The number of nitrogens with zero attached hydrogens (tertiary/aromatic N) is 4. The van der Waals surface area contributed by atoms with Gasteiger partial charge in [0.25, 0.3) is 0 Å². The largest absolute Gasteiger partial charge is 0.338 e. The minimum atomic E-state index is -0.0115. The smallest absolute Gasteiger partial charge is 0.225 e. The van der Waals surface area contributed by atoms with Crippen molar-refractivity contribution in [2.75, 3.05) is 37.6 Å². The minimum absolute atomic E-state index is 0.0115. The Morgan fingerprint density at radius 1 is 1.21 bits per heavy atom. The Morgan fingerprint density at radius 2 is 1.79 bits per heavy atom. The van der Waals surface area contributed by atoms with Crippen LogP contribution in [0.2, 0.25) is 0 Å². The van der Waals surface area contributed by atoms with Crippen molar-refractivity contribution in [1.29, 1.82) is 0 Å². The molecule has 0 unspecified atom stereocenters. The fourth-order valence-electron chi connectivity index (χ4n) is 2.21. The molecule has 0 spiro atoms. The van der Waals surface area contributed by atoms with E-state index < -0.39 is 0 Å². The van der Waals surface area contributed by atoms with Gasteiger partial charge in [-0.3, -0.25) is 4.79 Å². The molecule has 5 nitrogen and oxygen atoms in total. The van der Waals surface area contributed by atoms with E-state index in [1.165, 1.54) is 0 Å². The number of rotatable bonds is 4. The number of carbonyl (C=O) groups excluding carboxylic acids is 1. The van der Waals surface area contributed by atoms with Crippen molar-refractivity contribution in [3.63, 3.8) is 0 Å². The van der Waals surface area contributed by atoms with Gasteiger partial charge in [0.1, 0.15) is 0 Å². The number of aromatic nitrogens is 2. The van der Waals surface area contributed by atoms with Crippen LogP contribution < -0.4 is 4.90 Å². The highest BCUT2D eigenvalue weighted by Gasteiger charge is 2.18. The Hall–Kier alpha value is -1.49. The summed E-state index contributed by atoms with van der Waals surface area (Å²) in [5, 5.41) is 0. The first-order valence-corrected chi connectivity index (χ1v) is 6.95. The van der Waals surface area contributed by atoms with E-state index in [1.54, 1.807) is 12.4 Å². The van der Waals surface area contributed by atoms with Crippen LogP contribution in [0.25, 0.3) is 0 Å². The standard InChI is InChI=1S/C14H22N4O/c1-4-17-5-7-18(8-6-17)14-15-9-12(10-16-14)13(19)11(2)3/h9-11H,4-8H2,1-3H3. The van der Waals surface area contributed by atoms with Crippen LogP contribution in [0.15, 0.2) is 12.4 Å². The molecule has 0 bridgehead atoms. The summed E-state index contributed by atoms with van der Waals surface area (Å²) in [5.74, 6) is 0.820. The number of anilines is 1. The third-order valence-corrected chi connectivity index (χ3v) is 3.55. The molecule has 1 saturated heterocycles. The molecular formula is C14H22N4O. The van der Waals surface area contributed by atoms with E-state index in [-0.39, 0.29) is 11.7 Å². The van der Waals surface area contributed by atoms with Crippen molar-refractivity contribution in [1.82, 2.24) is 14.9 Å². The molecule has 19 heavy (non-hydrogen) atoms. The molecule has 0 saturated carbocycles. The first-order chi connectivity index (χ1) is 9.11. The van der Waals surface area contributed by atoms with Crippen molar-refractivity contribution >= 4 is 11.7 Å². The zero-order chi connectivity index (χ0) is 13.8. The number of Topliss-reactive ketones (excluding diaryl/α,β-unsaturated/α-hetero) is 1. The Morgan fingerprint density at radius 3 is 2.26 bits per heavy atom. The maximum atomic E-state index is 11.8. The Kier molecular flexibility index (Phi) is 4.47. The lowest BCUT2D eigenvalue weighted by molar-refractivity contribution is 0.0938. The average Bonchev–Trinajstić information content (AvgIpc) is 2.46. The van der Waals surface area contributed by atoms with Gasteiger partial charge in [-0.2, -0.15) is 0 Å². The molecule has 0 radical (unpaired) electrons. The molecule has 1 fully saturated rings. The molecule has 104 valence electrons. The van der Waals surface area contributed by atoms with Crippen molar-refractivity contribution in [3.05, 3.63) is 18.0 Å². The second kappa shape index (κ2) is 6.10. The van der Waals surface area contributed by atoms with Gasteiger partial charge >= 0.3 is 0 Å². The summed E-state index contributed by atoms with van der Waals surface area (Å²) in [7, 11) is 0. The summed E-state index contributed by atoms with van der Waals surface area (Å²) in [5.41, 5.74) is 0.603. The number of hydrogen-bond acceptors (Lipinski definition) is 5. The first-order valence-electron chi connectivity index (χ1n) is 6.95. The van der Waals surface area contributed by atoms with Crippen LogP contribution in [0.3, 0.4) is 0 Å². The fraction of sp³-hybridized carbons (Fsp3) is 0.643. The van der Waals surface area contributed by atoms with Crippen molar-refractivity contribution in [2.24, 2.45) is 5.92 Å². The van der Waals surface area contributed by atoms with Crippen LogP contribution >= 0.6 is 0 Å². The van der Waals surface area contributed by atoms with Gasteiger partial charge in [-0.25, -0.2) is 9.97 Å². The Bertz CT molecular complexity index is 422. The van der Waals surface area contributed by atoms with Crippen LogP contribution in [-0.2, 0) is 0 Å². The van der Waals surface area contributed by atoms with Crippen LogP contribution in [0, 0.1) is 5.92 Å². The summed E-state index contributed by atoms with van der Waals surface area (Å²) >= 11 is 0. The van der Waals surface area contributed by atoms with Crippen LogP contribution in [-0.4, -0.2) is 53.4 Å². The lowest BCUT2D eigenvalue weighted by Gasteiger charge is -2.33. The van der Waals surface area contributed by atoms with Gasteiger partial charge in [0, 0.05) is 44.5 Å². The second-order valence-electron chi connectivity index (χ2n) is 5.21. The zero-order valence-electron chi connectivity index (χ0n) is 12.0. The molecule has 0 N–H and O–H groups in total. The SMILES string of the molecule is CCN1CCN(c2ncc(C(=O)C(C)C)cn2)CC1. The summed E-state index contributed by atoms with van der Waals surface area (Å²) in [6.45, 7) is 11.0. The lowest BCUT2D eigenvalue weighted by atomic mass is 10.0. The topological polar surface area (TPSA) is 49.3 Å². The van der Waals surface area contributed by atoms with Gasteiger partial charge in [0.05, 0.1) is 5.56 Å². The maximum absolute atomic E-state index is 11.8. The molecule has 5 heteroatoms. The van der Waals surface area contributed by atoms with Gasteiger partial charge in [-0.15, -0.1) is 0 Å². The third-order valence-electron chi connectivity index (χ3n) is 3.55. The minimum Gasteiger partial charge on any atom is -0.338 e. The fourth-order valence-corrected chi connectivity index (χ4v) is 2.21. The van der Waals surface area contributed by atoms with E-state index in [0.29, 0.717) is 5.56 Å². The van der Waals surface area contributed by atoms with Gasteiger partial charge < -0.3 is 9.80 Å². The molecule has 0 aromatic carbocycles. The molecule has 1 aromatic heterocycles. The number of carbonyl (C=O) groups is 1. The van der Waals surface area contributed by atoms with E-state index in [1.807, 2.05) is 13.8 Å². The van der Waals surface area contributed by atoms with E-state index >= 15 is 0 Å². The number of likely N-dealkylation sites (N-methyl/N-ethyl adjacent to an activating group) is 1. The molecular weight excluding hydrogens is 240 g/mol. The van der Waals surface area contributed by atoms with E-state index in [0.717, 1.165) is 38.7 Å². The summed E-state index contributed by atoms with van der Waals surface area (Å²) in [6.07, 6.45) is 3.30. The Balaban J connectivity index is 2.01. The van der Waals surface area contributed by atoms with Crippen molar-refractivity contribution in [3.8, 4) is 0 Å².